The summed E-state index contributed by atoms with van der Waals surface area (Å²) in [6, 6.07) is 4.53. The summed E-state index contributed by atoms with van der Waals surface area (Å²) in [6.07, 6.45) is 6.15. The minimum absolute atomic E-state index is 0.247. The van der Waals surface area contributed by atoms with Crippen LogP contribution in [0.3, 0.4) is 0 Å². The molecular formula is C24H30F2N6O2. The minimum atomic E-state index is -0.648. The van der Waals surface area contributed by atoms with Crippen LogP contribution in [-0.2, 0) is 4.79 Å². The summed E-state index contributed by atoms with van der Waals surface area (Å²) in [6.45, 7) is 7.46. The van der Waals surface area contributed by atoms with Crippen LogP contribution in [-0.4, -0.2) is 46.1 Å². The Kier molecular flexibility index (Phi) is 8.25. The maximum absolute atomic E-state index is 13.0. The molecule has 1 aromatic heterocycles. The summed E-state index contributed by atoms with van der Waals surface area (Å²) >= 11 is 0. The lowest BCUT2D eigenvalue weighted by atomic mass is 9.71. The van der Waals surface area contributed by atoms with E-state index in [0.29, 0.717) is 17.7 Å². The van der Waals surface area contributed by atoms with Crippen LogP contribution in [0.15, 0.2) is 35.7 Å². The maximum Gasteiger partial charge on any atom is 0.267 e. The number of fused-ring (bicyclic) bond motifs is 2. The van der Waals surface area contributed by atoms with Crippen molar-refractivity contribution < 1.29 is 18.4 Å². The van der Waals surface area contributed by atoms with Gasteiger partial charge in [-0.2, -0.15) is 5.10 Å². The van der Waals surface area contributed by atoms with E-state index in [9.17, 15) is 18.4 Å². The average Bonchev–Trinajstić information content (AvgIpc) is 3.31. The number of hydrazone groups is 1. The van der Waals surface area contributed by atoms with Gasteiger partial charge in [0.1, 0.15) is 29.5 Å². The first kappa shape index (κ1) is 25.2. The van der Waals surface area contributed by atoms with E-state index < -0.39 is 23.6 Å². The first-order chi connectivity index (χ1) is 16.3. The molecule has 4 aliphatic rings. The van der Waals surface area contributed by atoms with Crippen molar-refractivity contribution in [3.8, 4) is 0 Å². The number of nitrogens with two attached hydrogens (primary N) is 1. The van der Waals surface area contributed by atoms with Gasteiger partial charge >= 0.3 is 0 Å². The van der Waals surface area contributed by atoms with Crippen LogP contribution < -0.4 is 10.6 Å². The summed E-state index contributed by atoms with van der Waals surface area (Å²) in [5.41, 5.74) is 5.92. The molecule has 1 atom stereocenters. The predicted octanol–water partition coefficient (Wildman–Crippen LogP) is 3.69. The van der Waals surface area contributed by atoms with E-state index in [-0.39, 0.29) is 5.91 Å². The molecule has 0 radical (unpaired) electrons. The third kappa shape index (κ3) is 5.92. The van der Waals surface area contributed by atoms with E-state index >= 15 is 0 Å². The lowest BCUT2D eigenvalue weighted by Crippen LogP contribution is -2.49. The van der Waals surface area contributed by atoms with Crippen LogP contribution in [0.25, 0.3) is 0 Å². The third-order valence-electron chi connectivity index (χ3n) is 5.94. The first-order valence-electron chi connectivity index (χ1n) is 11.4. The number of benzene rings is 1. The van der Waals surface area contributed by atoms with E-state index in [1.807, 2.05) is 13.8 Å². The van der Waals surface area contributed by atoms with Gasteiger partial charge in [0.05, 0.1) is 6.04 Å². The number of anilines is 1. The second kappa shape index (κ2) is 11.1. The monoisotopic (exact) mass is 472 g/mol. The molecule has 2 N–H and O–H groups in total. The molecule has 2 saturated heterocycles. The number of rotatable bonds is 3. The Labute approximate surface area is 197 Å². The van der Waals surface area contributed by atoms with E-state index in [1.165, 1.54) is 43.2 Å². The van der Waals surface area contributed by atoms with Crippen LogP contribution in [0.1, 0.15) is 62.1 Å². The number of carbonyl (C=O) groups excluding carboxylic acids is 2. The van der Waals surface area contributed by atoms with E-state index in [4.69, 9.17) is 5.73 Å². The van der Waals surface area contributed by atoms with Gasteiger partial charge < -0.3 is 10.6 Å². The number of hydrogen-bond acceptors (Lipinski definition) is 6. The molecule has 10 heteroatoms. The fraction of sp³-hybridized carbons (Fsp3) is 0.458. The summed E-state index contributed by atoms with van der Waals surface area (Å²) in [5, 5.41) is 5.10. The second-order valence-electron chi connectivity index (χ2n) is 8.35. The molecule has 3 aliphatic heterocycles. The minimum Gasteiger partial charge on any atom is -0.364 e. The molecule has 2 bridgehead atoms. The van der Waals surface area contributed by atoms with Crippen LogP contribution >= 0.6 is 0 Å². The van der Waals surface area contributed by atoms with Crippen LogP contribution in [0, 0.1) is 23.5 Å². The number of hydrogen-bond donors (Lipinski definition) is 1. The van der Waals surface area contributed by atoms with E-state index in [1.54, 1.807) is 12.3 Å². The number of amides is 2. The third-order valence-corrected chi connectivity index (χ3v) is 5.94. The molecular weight excluding hydrogens is 442 g/mol. The first-order valence-corrected chi connectivity index (χ1v) is 11.4. The van der Waals surface area contributed by atoms with Crippen LogP contribution in [0.4, 0.5) is 14.6 Å². The zero-order chi connectivity index (χ0) is 24.8. The van der Waals surface area contributed by atoms with Crippen molar-refractivity contribution in [2.24, 2.45) is 22.7 Å². The highest BCUT2D eigenvalue weighted by Gasteiger charge is 2.37. The Balaban J connectivity index is 0.000000178. The topological polar surface area (TPSA) is 105 Å². The zero-order valence-corrected chi connectivity index (χ0v) is 19.6. The highest BCUT2D eigenvalue weighted by Crippen LogP contribution is 2.40. The SMILES string of the molecule is CC.CC(=O)N1N=CCC1c1cc(F)cc(F)c1.NC(=O)c1cc(N2CC3CC(C3)C2)ncn1. The molecule has 8 nitrogen and oxygen atoms in total. The van der Waals surface area contributed by atoms with Gasteiger partial charge in [0.25, 0.3) is 5.91 Å². The van der Waals surface area contributed by atoms with Gasteiger partial charge in [-0.05, 0) is 42.4 Å². The average molecular weight is 473 g/mol. The number of piperidine rings is 2. The van der Waals surface area contributed by atoms with Gasteiger partial charge in [-0.15, -0.1) is 0 Å². The van der Waals surface area contributed by atoms with Crippen molar-refractivity contribution in [2.75, 3.05) is 18.0 Å². The number of carbonyl (C=O) groups is 2. The van der Waals surface area contributed by atoms with E-state index in [0.717, 1.165) is 36.8 Å². The van der Waals surface area contributed by atoms with Crippen LogP contribution in [0.5, 0.6) is 0 Å². The van der Waals surface area contributed by atoms with Crippen molar-refractivity contribution in [3.63, 3.8) is 0 Å². The molecule has 1 aromatic carbocycles. The van der Waals surface area contributed by atoms with Gasteiger partial charge in [-0.1, -0.05) is 13.8 Å². The Morgan fingerprint density at radius 1 is 1.00 bits per heavy atom. The summed E-state index contributed by atoms with van der Waals surface area (Å²) in [7, 11) is 0. The fourth-order valence-electron chi connectivity index (χ4n) is 4.47. The number of nitrogens with zero attached hydrogens (tertiary/aromatic N) is 5. The molecule has 2 amide bonds. The molecule has 34 heavy (non-hydrogen) atoms. The summed E-state index contributed by atoms with van der Waals surface area (Å²) in [4.78, 5) is 32.5. The maximum atomic E-state index is 13.0. The van der Waals surface area contributed by atoms with Gasteiger partial charge in [0.2, 0.25) is 5.91 Å². The van der Waals surface area contributed by atoms with Crippen molar-refractivity contribution in [1.82, 2.24) is 15.0 Å². The van der Waals surface area contributed by atoms with Gasteiger partial charge in [0.15, 0.2) is 0 Å². The number of primary amides is 1. The molecule has 1 aliphatic carbocycles. The smallest absolute Gasteiger partial charge is 0.267 e. The van der Waals surface area contributed by atoms with Crippen molar-refractivity contribution in [2.45, 2.75) is 46.1 Å². The Morgan fingerprint density at radius 2 is 1.62 bits per heavy atom. The molecule has 4 heterocycles. The number of aromatic nitrogens is 2. The fourth-order valence-corrected chi connectivity index (χ4v) is 4.47. The molecule has 1 unspecified atom stereocenters. The largest absolute Gasteiger partial charge is 0.364 e. The Hall–Kier alpha value is -3.43. The quantitative estimate of drug-likeness (QED) is 0.734. The van der Waals surface area contributed by atoms with Crippen molar-refractivity contribution in [1.29, 1.82) is 0 Å². The Bertz CT molecular complexity index is 1030. The van der Waals surface area contributed by atoms with E-state index in [2.05, 4.69) is 20.0 Å². The van der Waals surface area contributed by atoms with Gasteiger partial charge in [-0.3, -0.25) is 9.59 Å². The molecule has 0 spiro atoms. The number of halogens is 2. The highest BCUT2D eigenvalue weighted by atomic mass is 19.1. The molecule has 1 saturated carbocycles. The van der Waals surface area contributed by atoms with Crippen molar-refractivity contribution in [3.05, 3.63) is 53.5 Å². The molecule has 182 valence electrons. The second-order valence-corrected chi connectivity index (χ2v) is 8.35. The molecule has 6 rings (SSSR count). The lowest BCUT2D eigenvalue weighted by Gasteiger charge is -2.47. The van der Waals surface area contributed by atoms with Crippen molar-refractivity contribution >= 4 is 23.8 Å². The lowest BCUT2D eigenvalue weighted by molar-refractivity contribution is -0.130. The normalized spacial score (nSPS) is 22.1. The standard InChI is InChI=1S/C11H10F2N2O.C11H14N4O.C2H6/c1-7(16)15-11(2-3-14-15)8-4-9(12)6-10(13)5-8;12-11(16)9-3-10(14-6-13-9)15-4-7-1-8(2-7)5-15;1-2/h3-6,11H,2H2,1H3;3,6-8H,1-2,4-5H2,(H2,12,16);1-2H3. The summed E-state index contributed by atoms with van der Waals surface area (Å²) < 4.78 is 26.1. The van der Waals surface area contributed by atoms with Gasteiger partial charge in [-0.25, -0.2) is 23.8 Å². The van der Waals surface area contributed by atoms with Crippen LogP contribution in [0.2, 0.25) is 0 Å². The summed E-state index contributed by atoms with van der Waals surface area (Å²) in [5.74, 6) is 0.416. The zero-order valence-electron chi connectivity index (χ0n) is 19.6. The Morgan fingerprint density at radius 3 is 2.18 bits per heavy atom. The highest BCUT2D eigenvalue weighted by molar-refractivity contribution is 5.91. The van der Waals surface area contributed by atoms with Gasteiger partial charge in [0, 0.05) is 44.8 Å². The molecule has 2 aromatic rings. The predicted molar refractivity (Wildman–Crippen MR) is 125 cm³/mol. The molecule has 3 fully saturated rings.